The van der Waals surface area contributed by atoms with Gasteiger partial charge in [0, 0.05) is 11.4 Å². The maximum Gasteiger partial charge on any atom is 0.203 e. The molecule has 0 bridgehead atoms. The van der Waals surface area contributed by atoms with E-state index in [4.69, 9.17) is 17.3 Å². The van der Waals surface area contributed by atoms with Crippen LogP contribution in [0.4, 0.5) is 5.95 Å². The summed E-state index contributed by atoms with van der Waals surface area (Å²) >= 11 is 7.59. The van der Waals surface area contributed by atoms with Gasteiger partial charge in [0.2, 0.25) is 5.95 Å². The van der Waals surface area contributed by atoms with E-state index in [9.17, 15) is 0 Å². The van der Waals surface area contributed by atoms with Gasteiger partial charge in [-0.15, -0.1) is 11.3 Å². The Hall–Kier alpha value is -1.53. The van der Waals surface area contributed by atoms with Crippen LogP contribution in [-0.2, 0) is 6.54 Å². The molecule has 0 fully saturated rings. The van der Waals surface area contributed by atoms with Gasteiger partial charge in [0.25, 0.3) is 0 Å². The molecular formula is C13H16ClN5S. The van der Waals surface area contributed by atoms with Gasteiger partial charge < -0.3 is 5.73 Å². The molecule has 0 radical (unpaired) electrons. The lowest BCUT2D eigenvalue weighted by Crippen LogP contribution is -2.12. The van der Waals surface area contributed by atoms with Crippen LogP contribution in [0.15, 0.2) is 12.1 Å². The predicted molar refractivity (Wildman–Crippen MR) is 83.5 cm³/mol. The molecule has 3 aromatic heterocycles. The molecule has 1 atom stereocenters. The van der Waals surface area contributed by atoms with Gasteiger partial charge in [0.05, 0.1) is 16.1 Å². The van der Waals surface area contributed by atoms with Crippen LogP contribution < -0.4 is 5.73 Å². The molecule has 0 aliphatic carbocycles. The van der Waals surface area contributed by atoms with Crippen molar-refractivity contribution in [2.45, 2.75) is 33.4 Å². The highest BCUT2D eigenvalue weighted by Gasteiger charge is 2.22. The Morgan fingerprint density at radius 1 is 1.45 bits per heavy atom. The lowest BCUT2D eigenvalue weighted by atomic mass is 10.2. The highest BCUT2D eigenvalue weighted by molar-refractivity contribution is 7.16. The molecule has 5 nitrogen and oxygen atoms in total. The van der Waals surface area contributed by atoms with Crippen LogP contribution in [0.3, 0.4) is 0 Å². The van der Waals surface area contributed by atoms with Gasteiger partial charge in [0.15, 0.2) is 5.65 Å². The van der Waals surface area contributed by atoms with Crippen molar-refractivity contribution < 1.29 is 0 Å². The first kappa shape index (κ1) is 13.5. The Bertz CT molecular complexity index is 769. The normalized spacial score (nSPS) is 13.2. The van der Waals surface area contributed by atoms with Crippen LogP contribution in [0.1, 0.15) is 30.5 Å². The molecule has 106 valence electrons. The van der Waals surface area contributed by atoms with Gasteiger partial charge in [-0.1, -0.05) is 11.6 Å². The van der Waals surface area contributed by atoms with E-state index < -0.39 is 0 Å². The maximum absolute atomic E-state index is 6.12. The third kappa shape index (κ3) is 1.91. The fourth-order valence-electron chi connectivity index (χ4n) is 2.49. The van der Waals surface area contributed by atoms with Crippen molar-refractivity contribution in [2.24, 2.45) is 0 Å². The molecule has 0 aliphatic heterocycles. The number of aryl methyl sites for hydroxylation is 2. The van der Waals surface area contributed by atoms with E-state index in [1.807, 2.05) is 28.3 Å². The van der Waals surface area contributed by atoms with Crippen LogP contribution in [0.5, 0.6) is 0 Å². The average Bonchev–Trinajstić information content (AvgIpc) is 3.05. The lowest BCUT2D eigenvalue weighted by molar-refractivity contribution is 0.612. The summed E-state index contributed by atoms with van der Waals surface area (Å²) in [6, 6.07) is 4.02. The maximum atomic E-state index is 6.12. The number of halogens is 1. The van der Waals surface area contributed by atoms with E-state index in [-0.39, 0.29) is 6.04 Å². The zero-order valence-electron chi connectivity index (χ0n) is 11.6. The van der Waals surface area contributed by atoms with Crippen LogP contribution in [0, 0.1) is 6.92 Å². The summed E-state index contributed by atoms with van der Waals surface area (Å²) in [5, 5.41) is 4.51. The fourth-order valence-corrected chi connectivity index (χ4v) is 3.59. The summed E-state index contributed by atoms with van der Waals surface area (Å²) in [6.45, 7) is 6.90. The summed E-state index contributed by atoms with van der Waals surface area (Å²) in [4.78, 5) is 5.62. The molecule has 2 N–H and O–H groups in total. The second kappa shape index (κ2) is 4.79. The lowest BCUT2D eigenvalue weighted by Gasteiger charge is -2.15. The molecule has 3 heterocycles. The predicted octanol–water partition coefficient (Wildman–Crippen LogP) is 3.47. The van der Waals surface area contributed by atoms with Crippen molar-refractivity contribution in [3.63, 3.8) is 0 Å². The second-order valence-electron chi connectivity index (χ2n) is 4.73. The van der Waals surface area contributed by atoms with Gasteiger partial charge >= 0.3 is 0 Å². The van der Waals surface area contributed by atoms with Crippen LogP contribution >= 0.6 is 22.9 Å². The monoisotopic (exact) mass is 309 g/mol. The van der Waals surface area contributed by atoms with Gasteiger partial charge in [-0.05, 0) is 32.9 Å². The number of fused-ring (bicyclic) bond motifs is 1. The van der Waals surface area contributed by atoms with Gasteiger partial charge in [-0.25, -0.2) is 9.67 Å². The number of nitrogens with zero attached hydrogens (tertiary/aromatic N) is 4. The smallest absolute Gasteiger partial charge is 0.203 e. The van der Waals surface area contributed by atoms with Crippen molar-refractivity contribution in [2.75, 3.05) is 5.73 Å². The fraction of sp³-hybridized carbons (Fsp3) is 0.385. The van der Waals surface area contributed by atoms with Gasteiger partial charge in [-0.2, -0.15) is 5.10 Å². The van der Waals surface area contributed by atoms with E-state index >= 15 is 0 Å². The van der Waals surface area contributed by atoms with Crippen molar-refractivity contribution >= 4 is 40.0 Å². The van der Waals surface area contributed by atoms with Crippen molar-refractivity contribution in [3.05, 3.63) is 27.0 Å². The Balaban J connectivity index is 2.22. The highest BCUT2D eigenvalue weighted by atomic mass is 35.5. The molecule has 20 heavy (non-hydrogen) atoms. The zero-order chi connectivity index (χ0) is 14.4. The number of anilines is 1. The van der Waals surface area contributed by atoms with E-state index in [0.717, 1.165) is 32.6 Å². The van der Waals surface area contributed by atoms with E-state index in [2.05, 4.69) is 23.9 Å². The number of hydrogen-bond acceptors (Lipinski definition) is 4. The SMILES string of the molecule is CCn1nc(C)c2nc(N)n(C(C)c3ccc(Cl)s3)c21. The molecule has 0 saturated carbocycles. The molecule has 0 aromatic carbocycles. The summed E-state index contributed by atoms with van der Waals surface area (Å²) < 4.78 is 4.75. The first-order chi connectivity index (χ1) is 9.52. The summed E-state index contributed by atoms with van der Waals surface area (Å²) in [6.07, 6.45) is 0. The van der Waals surface area contributed by atoms with Gasteiger partial charge in [-0.3, -0.25) is 4.57 Å². The van der Waals surface area contributed by atoms with E-state index in [1.165, 1.54) is 0 Å². The quantitative estimate of drug-likeness (QED) is 0.806. The molecule has 3 rings (SSSR count). The minimum absolute atomic E-state index is 0.0823. The zero-order valence-corrected chi connectivity index (χ0v) is 13.2. The van der Waals surface area contributed by atoms with Gasteiger partial charge in [0.1, 0.15) is 5.52 Å². The topological polar surface area (TPSA) is 61.7 Å². The van der Waals surface area contributed by atoms with Crippen molar-refractivity contribution in [3.8, 4) is 0 Å². The van der Waals surface area contributed by atoms with Crippen LogP contribution in [-0.4, -0.2) is 19.3 Å². The summed E-state index contributed by atoms with van der Waals surface area (Å²) in [5.41, 5.74) is 8.87. The Kier molecular flexibility index (Phi) is 3.22. The number of aromatic nitrogens is 4. The molecule has 3 aromatic rings. The number of imidazole rings is 1. The summed E-state index contributed by atoms with van der Waals surface area (Å²) in [7, 11) is 0. The number of nitrogen functional groups attached to an aromatic ring is 1. The first-order valence-electron chi connectivity index (χ1n) is 6.49. The largest absolute Gasteiger partial charge is 0.369 e. The standard InChI is InChI=1S/C13H16ClN5S/c1-4-18-12-11(7(2)17-18)16-13(15)19(12)8(3)9-5-6-10(14)20-9/h5-6,8H,4H2,1-3H3,(H2,15,16). The van der Waals surface area contributed by atoms with E-state index in [1.54, 1.807) is 11.3 Å². The number of hydrogen-bond donors (Lipinski definition) is 1. The van der Waals surface area contributed by atoms with E-state index in [0.29, 0.717) is 5.95 Å². The Labute approximate surface area is 126 Å². The Morgan fingerprint density at radius 3 is 2.80 bits per heavy atom. The second-order valence-corrected chi connectivity index (χ2v) is 6.48. The average molecular weight is 310 g/mol. The molecule has 0 spiro atoms. The molecule has 0 amide bonds. The van der Waals surface area contributed by atoms with Crippen LogP contribution in [0.25, 0.3) is 11.2 Å². The molecule has 1 unspecified atom stereocenters. The van der Waals surface area contributed by atoms with Crippen molar-refractivity contribution in [1.29, 1.82) is 0 Å². The third-order valence-corrected chi connectivity index (χ3v) is 4.87. The number of rotatable bonds is 3. The minimum atomic E-state index is 0.0823. The molecule has 7 heteroatoms. The highest BCUT2D eigenvalue weighted by Crippen LogP contribution is 2.33. The molecule has 0 saturated heterocycles. The number of nitrogens with two attached hydrogens (primary N) is 1. The first-order valence-corrected chi connectivity index (χ1v) is 7.68. The Morgan fingerprint density at radius 2 is 2.20 bits per heavy atom. The third-order valence-electron chi connectivity index (χ3n) is 3.46. The molecular weight excluding hydrogens is 294 g/mol. The number of thiophene rings is 1. The van der Waals surface area contributed by atoms with Crippen molar-refractivity contribution in [1.82, 2.24) is 19.3 Å². The summed E-state index contributed by atoms with van der Waals surface area (Å²) in [5.74, 6) is 0.514. The minimum Gasteiger partial charge on any atom is -0.369 e. The van der Waals surface area contributed by atoms with Crippen LogP contribution in [0.2, 0.25) is 4.34 Å². The molecule has 0 aliphatic rings.